The van der Waals surface area contributed by atoms with Crippen molar-refractivity contribution < 1.29 is 14.6 Å². The van der Waals surface area contributed by atoms with E-state index in [1.807, 2.05) is 19.9 Å². The largest absolute Gasteiger partial charge is 0.491 e. The summed E-state index contributed by atoms with van der Waals surface area (Å²) in [5.41, 5.74) is 2.10. The first-order valence-corrected chi connectivity index (χ1v) is 7.27. The Hall–Kier alpha value is -1.55. The molecule has 0 unspecified atom stereocenters. The Balaban J connectivity index is 1.99. The highest BCUT2D eigenvalue weighted by atomic mass is 16.5. The Morgan fingerprint density at radius 1 is 1.25 bits per heavy atom. The SMILES string of the molecule is Cc1cc(C)c(OCCN2CCCCC2)c(C(=O)O)c1. The summed E-state index contributed by atoms with van der Waals surface area (Å²) in [4.78, 5) is 13.7. The number of rotatable bonds is 5. The second-order valence-electron chi connectivity index (χ2n) is 5.51. The standard InChI is InChI=1S/C16H23NO3/c1-12-10-13(2)15(14(11-12)16(18)19)20-9-8-17-6-4-3-5-7-17/h10-11H,3-9H2,1-2H3,(H,18,19). The van der Waals surface area contributed by atoms with Crippen molar-refractivity contribution in [1.82, 2.24) is 4.90 Å². The number of ether oxygens (including phenoxy) is 1. The topological polar surface area (TPSA) is 49.8 Å². The second kappa shape index (κ2) is 6.75. The Kier molecular flexibility index (Phi) is 5.01. The van der Waals surface area contributed by atoms with Gasteiger partial charge < -0.3 is 9.84 Å². The maximum absolute atomic E-state index is 11.3. The zero-order chi connectivity index (χ0) is 14.5. The number of carboxylic acids is 1. The van der Waals surface area contributed by atoms with E-state index < -0.39 is 5.97 Å². The van der Waals surface area contributed by atoms with Gasteiger partial charge in [0, 0.05) is 6.54 Å². The van der Waals surface area contributed by atoms with E-state index in [1.165, 1.54) is 19.3 Å². The van der Waals surface area contributed by atoms with Crippen molar-refractivity contribution in [2.75, 3.05) is 26.2 Å². The molecule has 0 aromatic heterocycles. The van der Waals surface area contributed by atoms with Crippen LogP contribution in [-0.2, 0) is 0 Å². The summed E-state index contributed by atoms with van der Waals surface area (Å²) >= 11 is 0. The van der Waals surface area contributed by atoms with Gasteiger partial charge in [0.2, 0.25) is 0 Å². The van der Waals surface area contributed by atoms with E-state index in [0.29, 0.717) is 12.4 Å². The van der Waals surface area contributed by atoms with Crippen LogP contribution in [0.15, 0.2) is 12.1 Å². The van der Waals surface area contributed by atoms with Crippen LogP contribution in [0.4, 0.5) is 0 Å². The van der Waals surface area contributed by atoms with E-state index in [9.17, 15) is 9.90 Å². The minimum Gasteiger partial charge on any atom is -0.491 e. The normalized spacial score (nSPS) is 16.1. The van der Waals surface area contributed by atoms with Crippen molar-refractivity contribution >= 4 is 5.97 Å². The average molecular weight is 277 g/mol. The number of benzene rings is 1. The zero-order valence-electron chi connectivity index (χ0n) is 12.3. The number of nitrogens with zero attached hydrogens (tertiary/aromatic N) is 1. The number of aryl methyl sites for hydroxylation is 2. The molecule has 0 aliphatic carbocycles. The Labute approximate surface area is 120 Å². The molecule has 110 valence electrons. The first kappa shape index (κ1) is 14.9. The average Bonchev–Trinajstić information content (AvgIpc) is 2.41. The van der Waals surface area contributed by atoms with Crippen molar-refractivity contribution in [3.63, 3.8) is 0 Å². The molecule has 1 aliphatic heterocycles. The molecule has 1 heterocycles. The van der Waals surface area contributed by atoms with E-state index in [4.69, 9.17) is 4.74 Å². The minimum absolute atomic E-state index is 0.265. The molecule has 0 amide bonds. The van der Waals surface area contributed by atoms with Gasteiger partial charge in [-0.25, -0.2) is 4.79 Å². The molecule has 1 fully saturated rings. The van der Waals surface area contributed by atoms with Gasteiger partial charge in [-0.2, -0.15) is 0 Å². The van der Waals surface area contributed by atoms with Gasteiger partial charge in [-0.05, 0) is 57.0 Å². The molecule has 1 aromatic rings. The van der Waals surface area contributed by atoms with Crippen molar-refractivity contribution in [2.45, 2.75) is 33.1 Å². The fourth-order valence-electron chi connectivity index (χ4n) is 2.76. The van der Waals surface area contributed by atoms with Gasteiger partial charge in [-0.1, -0.05) is 12.5 Å². The summed E-state index contributed by atoms with van der Waals surface area (Å²) in [5.74, 6) is -0.412. The Bertz CT molecular complexity index is 479. The molecule has 1 N–H and O–H groups in total. The zero-order valence-corrected chi connectivity index (χ0v) is 12.3. The van der Waals surface area contributed by atoms with Crippen LogP contribution in [0.2, 0.25) is 0 Å². The van der Waals surface area contributed by atoms with Gasteiger partial charge in [-0.15, -0.1) is 0 Å². The van der Waals surface area contributed by atoms with E-state index in [-0.39, 0.29) is 5.56 Å². The quantitative estimate of drug-likeness (QED) is 0.899. The van der Waals surface area contributed by atoms with Gasteiger partial charge in [0.1, 0.15) is 17.9 Å². The van der Waals surface area contributed by atoms with Crippen molar-refractivity contribution in [2.24, 2.45) is 0 Å². The second-order valence-corrected chi connectivity index (χ2v) is 5.51. The fourth-order valence-corrected chi connectivity index (χ4v) is 2.76. The molecule has 2 rings (SSSR count). The highest BCUT2D eigenvalue weighted by Gasteiger charge is 2.16. The smallest absolute Gasteiger partial charge is 0.339 e. The highest BCUT2D eigenvalue weighted by Crippen LogP contribution is 2.25. The van der Waals surface area contributed by atoms with Gasteiger partial charge >= 0.3 is 5.97 Å². The predicted octanol–water partition coefficient (Wildman–Crippen LogP) is 2.87. The van der Waals surface area contributed by atoms with E-state index >= 15 is 0 Å². The molecule has 1 aromatic carbocycles. The van der Waals surface area contributed by atoms with Crippen LogP contribution < -0.4 is 4.74 Å². The number of hydrogen-bond acceptors (Lipinski definition) is 3. The van der Waals surface area contributed by atoms with Gasteiger partial charge in [-0.3, -0.25) is 4.90 Å². The van der Waals surface area contributed by atoms with Gasteiger partial charge in [0.05, 0.1) is 0 Å². The van der Waals surface area contributed by atoms with E-state index in [1.54, 1.807) is 6.07 Å². The Morgan fingerprint density at radius 3 is 2.60 bits per heavy atom. The molecular weight excluding hydrogens is 254 g/mol. The van der Waals surface area contributed by atoms with E-state index in [2.05, 4.69) is 4.90 Å². The van der Waals surface area contributed by atoms with Crippen LogP contribution in [0, 0.1) is 13.8 Å². The van der Waals surface area contributed by atoms with Gasteiger partial charge in [0.15, 0.2) is 0 Å². The highest BCUT2D eigenvalue weighted by molar-refractivity contribution is 5.91. The number of piperidine rings is 1. The molecule has 4 nitrogen and oxygen atoms in total. The fraction of sp³-hybridized carbons (Fsp3) is 0.562. The third-order valence-corrected chi connectivity index (χ3v) is 3.75. The maximum Gasteiger partial charge on any atom is 0.339 e. The molecule has 1 aliphatic rings. The van der Waals surface area contributed by atoms with Gasteiger partial charge in [0.25, 0.3) is 0 Å². The Morgan fingerprint density at radius 2 is 1.95 bits per heavy atom. The van der Waals surface area contributed by atoms with Crippen LogP contribution >= 0.6 is 0 Å². The molecule has 0 bridgehead atoms. The van der Waals surface area contributed by atoms with Crippen LogP contribution in [0.1, 0.15) is 40.7 Å². The third-order valence-electron chi connectivity index (χ3n) is 3.75. The summed E-state index contributed by atoms with van der Waals surface area (Å²) in [6, 6.07) is 3.63. The summed E-state index contributed by atoms with van der Waals surface area (Å²) in [6.07, 6.45) is 3.82. The van der Waals surface area contributed by atoms with E-state index in [0.717, 1.165) is 30.8 Å². The van der Waals surface area contributed by atoms with Crippen LogP contribution in [0.3, 0.4) is 0 Å². The lowest BCUT2D eigenvalue weighted by Gasteiger charge is -2.26. The van der Waals surface area contributed by atoms with Crippen molar-refractivity contribution in [3.8, 4) is 5.75 Å². The summed E-state index contributed by atoms with van der Waals surface area (Å²) < 4.78 is 5.76. The lowest BCUT2D eigenvalue weighted by molar-refractivity contribution is 0.0691. The number of carboxylic acid groups (broad SMARTS) is 1. The maximum atomic E-state index is 11.3. The minimum atomic E-state index is -0.926. The lowest BCUT2D eigenvalue weighted by Crippen LogP contribution is -2.33. The lowest BCUT2D eigenvalue weighted by atomic mass is 10.1. The molecule has 0 atom stereocenters. The first-order valence-electron chi connectivity index (χ1n) is 7.27. The van der Waals surface area contributed by atoms with Crippen molar-refractivity contribution in [1.29, 1.82) is 0 Å². The third kappa shape index (κ3) is 3.73. The molecule has 1 saturated heterocycles. The number of likely N-dealkylation sites (tertiary alicyclic amines) is 1. The molecule has 0 spiro atoms. The van der Waals surface area contributed by atoms with Crippen LogP contribution in [-0.4, -0.2) is 42.2 Å². The number of carbonyl (C=O) groups is 1. The summed E-state index contributed by atoms with van der Waals surface area (Å²) in [5, 5.41) is 9.27. The molecule has 20 heavy (non-hydrogen) atoms. The molecule has 0 saturated carbocycles. The van der Waals surface area contributed by atoms with Crippen LogP contribution in [0.5, 0.6) is 5.75 Å². The van der Waals surface area contributed by atoms with Crippen LogP contribution in [0.25, 0.3) is 0 Å². The number of hydrogen-bond donors (Lipinski definition) is 1. The first-order chi connectivity index (χ1) is 9.58. The summed E-state index contributed by atoms with van der Waals surface area (Å²) in [6.45, 7) is 7.47. The molecular formula is C16H23NO3. The monoisotopic (exact) mass is 277 g/mol. The predicted molar refractivity (Wildman–Crippen MR) is 78.7 cm³/mol. The van der Waals surface area contributed by atoms with Crippen molar-refractivity contribution in [3.05, 3.63) is 28.8 Å². The summed E-state index contributed by atoms with van der Waals surface area (Å²) in [7, 11) is 0. The number of aromatic carboxylic acids is 1. The molecule has 0 radical (unpaired) electrons. The molecule has 4 heteroatoms.